The summed E-state index contributed by atoms with van der Waals surface area (Å²) in [5.74, 6) is -0.814. The molecule has 0 spiro atoms. The number of nitrogens with zero attached hydrogens (tertiary/aromatic N) is 1. The molecule has 0 aromatic heterocycles. The Hall–Kier alpha value is -0.963. The standard InChI is InChI=1S/C20H37NO6Si/c1-18(2,3)27-17(23)21-13(11-22)15-16(26-20(7,8)25-15)14(21)12-24-28(9,10)19(4,5)6/h11,13-16H,12H2,1-10H3/t13-,14+,15-,16+/m0/s1. The van der Waals surface area contributed by atoms with Crippen LogP contribution in [-0.2, 0) is 23.4 Å². The van der Waals surface area contributed by atoms with Gasteiger partial charge in [-0.3, -0.25) is 4.90 Å². The van der Waals surface area contributed by atoms with Crippen LogP contribution in [0.15, 0.2) is 0 Å². The molecular weight excluding hydrogens is 378 g/mol. The Morgan fingerprint density at radius 1 is 1.11 bits per heavy atom. The molecule has 8 heteroatoms. The van der Waals surface area contributed by atoms with Gasteiger partial charge in [0, 0.05) is 0 Å². The maximum absolute atomic E-state index is 12.9. The van der Waals surface area contributed by atoms with Crippen molar-refractivity contribution >= 4 is 20.7 Å². The Labute approximate surface area is 170 Å². The summed E-state index contributed by atoms with van der Waals surface area (Å²) in [5.41, 5.74) is -0.673. The Balaban J connectivity index is 2.32. The van der Waals surface area contributed by atoms with Crippen LogP contribution in [0.1, 0.15) is 55.4 Å². The van der Waals surface area contributed by atoms with Crippen molar-refractivity contribution in [3.63, 3.8) is 0 Å². The smallest absolute Gasteiger partial charge is 0.411 e. The minimum Gasteiger partial charge on any atom is -0.444 e. The minimum absolute atomic E-state index is 0.0259. The fraction of sp³-hybridized carbons (Fsp3) is 0.900. The molecule has 0 aliphatic carbocycles. The van der Waals surface area contributed by atoms with Gasteiger partial charge in [-0.1, -0.05) is 20.8 Å². The van der Waals surface area contributed by atoms with Gasteiger partial charge in [-0.05, 0) is 52.8 Å². The van der Waals surface area contributed by atoms with E-state index in [4.69, 9.17) is 18.6 Å². The van der Waals surface area contributed by atoms with Gasteiger partial charge in [-0.2, -0.15) is 0 Å². The lowest BCUT2D eigenvalue weighted by molar-refractivity contribution is -0.168. The van der Waals surface area contributed by atoms with Crippen LogP contribution in [0.3, 0.4) is 0 Å². The quantitative estimate of drug-likeness (QED) is 0.515. The first kappa shape index (κ1) is 23.3. The van der Waals surface area contributed by atoms with Crippen molar-refractivity contribution in [2.45, 2.75) is 109 Å². The van der Waals surface area contributed by atoms with Gasteiger partial charge in [0.1, 0.15) is 30.1 Å². The van der Waals surface area contributed by atoms with E-state index >= 15 is 0 Å². The van der Waals surface area contributed by atoms with Crippen molar-refractivity contribution in [3.05, 3.63) is 0 Å². The highest BCUT2D eigenvalue weighted by Gasteiger charge is 2.60. The van der Waals surface area contributed by atoms with Crippen LogP contribution in [0.5, 0.6) is 0 Å². The van der Waals surface area contributed by atoms with Crippen LogP contribution in [-0.4, -0.2) is 67.9 Å². The van der Waals surface area contributed by atoms with Gasteiger partial charge in [0.25, 0.3) is 0 Å². The summed E-state index contributed by atoms with van der Waals surface area (Å²) in [6, 6.07) is -1.22. The molecule has 2 fully saturated rings. The van der Waals surface area contributed by atoms with Crippen LogP contribution in [0.2, 0.25) is 18.1 Å². The molecule has 0 bridgehead atoms. The van der Waals surface area contributed by atoms with Crippen LogP contribution < -0.4 is 0 Å². The van der Waals surface area contributed by atoms with Gasteiger partial charge in [-0.25, -0.2) is 4.79 Å². The molecule has 2 saturated heterocycles. The number of carbonyl (C=O) groups excluding carboxylic acids is 2. The number of carbonyl (C=O) groups is 2. The summed E-state index contributed by atoms with van der Waals surface area (Å²) in [6.45, 7) is 20.1. The van der Waals surface area contributed by atoms with Crippen LogP contribution in [0.4, 0.5) is 4.79 Å². The highest BCUT2D eigenvalue weighted by molar-refractivity contribution is 6.74. The summed E-state index contributed by atoms with van der Waals surface area (Å²) in [7, 11) is -2.06. The maximum atomic E-state index is 12.9. The highest BCUT2D eigenvalue weighted by atomic mass is 28.4. The third-order valence-electron chi connectivity index (χ3n) is 5.72. The van der Waals surface area contributed by atoms with Gasteiger partial charge >= 0.3 is 6.09 Å². The van der Waals surface area contributed by atoms with Crippen molar-refractivity contribution in [2.75, 3.05) is 6.61 Å². The first-order valence-corrected chi connectivity index (χ1v) is 12.9. The van der Waals surface area contributed by atoms with E-state index in [9.17, 15) is 9.59 Å². The lowest BCUT2D eigenvalue weighted by Gasteiger charge is -2.39. The molecule has 0 saturated carbocycles. The van der Waals surface area contributed by atoms with Gasteiger partial charge in [-0.15, -0.1) is 0 Å². The summed E-state index contributed by atoms with van der Waals surface area (Å²) in [4.78, 5) is 26.3. The average Bonchev–Trinajstić information content (AvgIpc) is 2.92. The largest absolute Gasteiger partial charge is 0.444 e. The Kier molecular flexibility index (Phi) is 6.14. The molecule has 162 valence electrons. The summed E-state index contributed by atoms with van der Waals surface area (Å²) >= 11 is 0. The Morgan fingerprint density at radius 2 is 1.64 bits per heavy atom. The lowest BCUT2D eigenvalue weighted by atomic mass is 10.1. The number of ether oxygens (including phenoxy) is 3. The molecule has 2 aliphatic heterocycles. The maximum Gasteiger partial charge on any atom is 0.411 e. The predicted molar refractivity (Wildman–Crippen MR) is 109 cm³/mol. The fourth-order valence-electron chi connectivity index (χ4n) is 3.32. The van der Waals surface area contributed by atoms with E-state index in [1.807, 2.05) is 13.8 Å². The molecule has 0 aromatic rings. The first-order valence-electron chi connectivity index (χ1n) is 9.95. The molecule has 2 rings (SSSR count). The number of hydrogen-bond donors (Lipinski definition) is 0. The van der Waals surface area contributed by atoms with E-state index in [1.54, 1.807) is 20.8 Å². The zero-order valence-corrected chi connectivity index (χ0v) is 20.0. The van der Waals surface area contributed by atoms with Crippen LogP contribution in [0.25, 0.3) is 0 Å². The molecule has 2 aliphatic rings. The van der Waals surface area contributed by atoms with Crippen molar-refractivity contribution in [2.24, 2.45) is 0 Å². The second kappa shape index (κ2) is 7.38. The molecule has 0 unspecified atom stereocenters. The molecule has 0 radical (unpaired) electrons. The van der Waals surface area contributed by atoms with Crippen molar-refractivity contribution < 1.29 is 28.2 Å². The predicted octanol–water partition coefficient (Wildman–Crippen LogP) is 3.72. The van der Waals surface area contributed by atoms with Gasteiger partial charge in [0.2, 0.25) is 0 Å². The van der Waals surface area contributed by atoms with E-state index in [2.05, 4.69) is 33.9 Å². The number of amides is 1. The fourth-order valence-corrected chi connectivity index (χ4v) is 4.34. The third-order valence-corrected chi connectivity index (χ3v) is 10.2. The second-order valence-electron chi connectivity index (χ2n) is 10.7. The number of aldehydes is 1. The summed E-state index contributed by atoms with van der Waals surface area (Å²) in [5, 5.41) is 0.0259. The van der Waals surface area contributed by atoms with E-state index in [0.29, 0.717) is 0 Å². The molecule has 1 amide bonds. The third kappa shape index (κ3) is 4.78. The van der Waals surface area contributed by atoms with Crippen molar-refractivity contribution in [3.8, 4) is 0 Å². The topological polar surface area (TPSA) is 74.3 Å². The number of fused-ring (bicyclic) bond motifs is 1. The Morgan fingerprint density at radius 3 is 2.11 bits per heavy atom. The van der Waals surface area contributed by atoms with E-state index in [1.165, 1.54) is 4.90 Å². The Bertz CT molecular complexity index is 607. The minimum atomic E-state index is -2.06. The van der Waals surface area contributed by atoms with Crippen molar-refractivity contribution in [1.29, 1.82) is 0 Å². The normalized spacial score (nSPS) is 30.3. The number of hydrogen-bond acceptors (Lipinski definition) is 6. The monoisotopic (exact) mass is 415 g/mol. The van der Waals surface area contributed by atoms with Crippen molar-refractivity contribution in [1.82, 2.24) is 4.90 Å². The van der Waals surface area contributed by atoms with E-state index in [0.717, 1.165) is 6.29 Å². The summed E-state index contributed by atoms with van der Waals surface area (Å²) in [6.07, 6.45) is -0.776. The molecule has 28 heavy (non-hydrogen) atoms. The molecule has 7 nitrogen and oxygen atoms in total. The first-order chi connectivity index (χ1) is 12.5. The average molecular weight is 416 g/mol. The molecule has 0 N–H and O–H groups in total. The number of likely N-dealkylation sites (tertiary alicyclic amines) is 1. The van der Waals surface area contributed by atoms with Crippen LogP contribution >= 0.6 is 0 Å². The molecule has 0 aromatic carbocycles. The SMILES string of the molecule is CC(C)(C)OC(=O)N1[C@H](CO[Si](C)(C)C(C)(C)C)[C@H]2OC(C)(C)O[C@H]2[C@@H]1C=O. The van der Waals surface area contributed by atoms with E-state index in [-0.39, 0.29) is 11.6 Å². The summed E-state index contributed by atoms with van der Waals surface area (Å²) < 4.78 is 24.0. The zero-order valence-electron chi connectivity index (χ0n) is 19.0. The molecular formula is C20H37NO6Si. The van der Waals surface area contributed by atoms with Gasteiger partial charge in [0.15, 0.2) is 14.1 Å². The second-order valence-corrected chi connectivity index (χ2v) is 15.5. The van der Waals surface area contributed by atoms with Crippen LogP contribution in [0, 0.1) is 0 Å². The zero-order chi connectivity index (χ0) is 21.7. The lowest BCUT2D eigenvalue weighted by Crippen LogP contribution is -2.52. The van der Waals surface area contributed by atoms with Gasteiger partial charge < -0.3 is 23.4 Å². The highest BCUT2D eigenvalue weighted by Crippen LogP contribution is 2.42. The molecule has 4 atom stereocenters. The number of rotatable bonds is 4. The van der Waals surface area contributed by atoms with Gasteiger partial charge in [0.05, 0.1) is 12.6 Å². The molecule has 2 heterocycles. The van der Waals surface area contributed by atoms with E-state index < -0.39 is 50.1 Å².